The number of amides is 5. The van der Waals surface area contributed by atoms with E-state index in [0.29, 0.717) is 31.4 Å². The summed E-state index contributed by atoms with van der Waals surface area (Å²) in [5, 5.41) is 21.0. The Kier molecular flexibility index (Phi) is 13.5. The first-order chi connectivity index (χ1) is 20.7. The lowest BCUT2D eigenvalue weighted by Gasteiger charge is -2.33. The molecule has 1 aromatic rings. The van der Waals surface area contributed by atoms with Crippen LogP contribution in [0.4, 0.5) is 4.39 Å². The number of halogens is 1. The Labute approximate surface area is 258 Å². The van der Waals surface area contributed by atoms with Gasteiger partial charge in [-0.15, -0.1) is 0 Å². The number of nitrogens with two attached hydrogens (primary N) is 1. The van der Waals surface area contributed by atoms with Crippen LogP contribution in [0.3, 0.4) is 0 Å². The summed E-state index contributed by atoms with van der Waals surface area (Å²) in [6.45, 7) is 7.26. The lowest BCUT2D eigenvalue weighted by atomic mass is 9.91. The average Bonchev–Trinajstić information content (AvgIpc) is 2.97. The van der Waals surface area contributed by atoms with E-state index in [-0.39, 0.29) is 37.7 Å². The second-order valence-corrected chi connectivity index (χ2v) is 11.7. The molecule has 0 saturated carbocycles. The van der Waals surface area contributed by atoms with Crippen molar-refractivity contribution in [3.63, 3.8) is 0 Å². The molecule has 1 aliphatic heterocycles. The van der Waals surface area contributed by atoms with Crippen molar-refractivity contribution in [3.8, 4) is 0 Å². The molecule has 14 heteroatoms. The monoisotopic (exact) mass is 618 g/mol. The van der Waals surface area contributed by atoms with Gasteiger partial charge in [-0.1, -0.05) is 32.9 Å². The molecule has 8 N–H and O–H groups in total. The molecular formula is C30H47FN8O5. The summed E-state index contributed by atoms with van der Waals surface area (Å²) < 4.78 is 13.7. The van der Waals surface area contributed by atoms with E-state index in [1.165, 1.54) is 29.2 Å². The van der Waals surface area contributed by atoms with E-state index >= 15 is 0 Å². The van der Waals surface area contributed by atoms with Crippen LogP contribution in [0, 0.1) is 17.1 Å². The highest BCUT2D eigenvalue weighted by Crippen LogP contribution is 2.20. The molecule has 1 fully saturated rings. The minimum atomic E-state index is -1.37. The van der Waals surface area contributed by atoms with Crippen molar-refractivity contribution in [2.45, 2.75) is 89.9 Å². The van der Waals surface area contributed by atoms with E-state index in [1.54, 1.807) is 34.7 Å². The normalized spacial score (nSPS) is 24.2. The number of hydrogen-bond acceptors (Lipinski definition) is 6. The molecule has 1 saturated heterocycles. The zero-order valence-electron chi connectivity index (χ0n) is 26.2. The van der Waals surface area contributed by atoms with Crippen molar-refractivity contribution in [1.29, 1.82) is 5.41 Å². The fourth-order valence-electron chi connectivity index (χ4n) is 4.73. The van der Waals surface area contributed by atoms with Crippen LogP contribution in [0.25, 0.3) is 0 Å². The van der Waals surface area contributed by atoms with Gasteiger partial charge in [0.05, 0.1) is 0 Å². The van der Waals surface area contributed by atoms with Crippen LogP contribution in [-0.2, 0) is 24.0 Å². The third-order valence-electron chi connectivity index (χ3n) is 7.61. The molecular weight excluding hydrogens is 571 g/mol. The predicted octanol–water partition coefficient (Wildman–Crippen LogP) is 0.799. The molecule has 1 aromatic carbocycles. The molecule has 0 spiro atoms. The Morgan fingerprint density at radius 3 is 2.32 bits per heavy atom. The summed E-state index contributed by atoms with van der Waals surface area (Å²) >= 11 is 0. The van der Waals surface area contributed by atoms with Crippen LogP contribution in [0.15, 0.2) is 24.3 Å². The Bertz CT molecular complexity index is 1190. The number of carbonyl (C=O) groups excluding carboxylic acids is 5. The number of guanidine groups is 1. The third-order valence-corrected chi connectivity index (χ3v) is 7.61. The molecule has 13 nitrogen and oxygen atoms in total. The fourth-order valence-corrected chi connectivity index (χ4v) is 4.73. The highest BCUT2D eigenvalue weighted by molar-refractivity contribution is 5.97. The Balaban J connectivity index is 2.47. The quantitative estimate of drug-likeness (QED) is 0.127. The zero-order chi connectivity index (χ0) is 33.0. The van der Waals surface area contributed by atoms with Crippen molar-refractivity contribution in [3.05, 3.63) is 35.6 Å². The van der Waals surface area contributed by atoms with Gasteiger partial charge >= 0.3 is 0 Å². The Hall–Kier alpha value is -4.23. The maximum atomic E-state index is 13.7. The summed E-state index contributed by atoms with van der Waals surface area (Å²) in [4.78, 5) is 68.4. The summed E-state index contributed by atoms with van der Waals surface area (Å²) in [5.41, 5.74) is 4.37. The largest absolute Gasteiger partial charge is 0.370 e. The van der Waals surface area contributed by atoms with Gasteiger partial charge < -0.3 is 37.2 Å². The third kappa shape index (κ3) is 10.5. The predicted molar refractivity (Wildman–Crippen MR) is 163 cm³/mol. The SMILES string of the molecule is CC[C@@H]1NC(=O)[C@H](CCCNC(=N)N)NC(=O)[C@](C)(NC(=O)C(C)C)CCCCN(C)C(=O)[C@@H](c2ccc(F)cc2)NC1=O. The first-order valence-electron chi connectivity index (χ1n) is 15.0. The van der Waals surface area contributed by atoms with Crippen molar-refractivity contribution in [2.24, 2.45) is 11.7 Å². The lowest BCUT2D eigenvalue weighted by molar-refractivity contribution is -0.138. The van der Waals surface area contributed by atoms with Crippen molar-refractivity contribution in [1.82, 2.24) is 31.5 Å². The maximum Gasteiger partial charge on any atom is 0.249 e. The van der Waals surface area contributed by atoms with Gasteiger partial charge in [0.25, 0.3) is 0 Å². The number of benzene rings is 1. The Morgan fingerprint density at radius 1 is 1.09 bits per heavy atom. The van der Waals surface area contributed by atoms with Gasteiger partial charge in [0, 0.05) is 26.1 Å². The zero-order valence-corrected chi connectivity index (χ0v) is 26.2. The van der Waals surface area contributed by atoms with Gasteiger partial charge in [0.1, 0.15) is 29.5 Å². The highest BCUT2D eigenvalue weighted by atomic mass is 19.1. The van der Waals surface area contributed by atoms with E-state index in [9.17, 15) is 28.4 Å². The molecule has 0 bridgehead atoms. The van der Waals surface area contributed by atoms with Crippen LogP contribution < -0.4 is 32.3 Å². The van der Waals surface area contributed by atoms with Gasteiger partial charge in [0.2, 0.25) is 29.5 Å². The number of nitrogens with zero attached hydrogens (tertiary/aromatic N) is 1. The van der Waals surface area contributed by atoms with E-state index in [2.05, 4.69) is 26.6 Å². The number of carbonyl (C=O) groups is 5. The summed E-state index contributed by atoms with van der Waals surface area (Å²) in [6.07, 6.45) is 1.83. The van der Waals surface area contributed by atoms with Crippen LogP contribution in [0.2, 0.25) is 0 Å². The van der Waals surface area contributed by atoms with Gasteiger partial charge in [-0.05, 0) is 63.1 Å². The van der Waals surface area contributed by atoms with Crippen LogP contribution in [0.1, 0.15) is 77.8 Å². The first-order valence-corrected chi connectivity index (χ1v) is 15.0. The van der Waals surface area contributed by atoms with Crippen molar-refractivity contribution < 1.29 is 28.4 Å². The second kappa shape index (κ2) is 16.6. The smallest absolute Gasteiger partial charge is 0.249 e. The fraction of sp³-hybridized carbons (Fsp3) is 0.600. The standard InChI is InChI=1S/C30H47FN8O5/c1-6-21-25(41)37-23(19-11-13-20(31)14-12-19)27(43)39(5)17-8-7-15-30(4,38-24(40)18(2)3)28(44)36-22(26(42)35-21)10-9-16-34-29(32)33/h11-14,18,21-23H,6-10,15-17H2,1-5H3,(H,35,42)(H,36,44)(H,37,41)(H,38,40)(H4,32,33,34)/t21-,22-,23+,30+/m0/s1. The van der Waals surface area contributed by atoms with Gasteiger partial charge in [0.15, 0.2) is 5.96 Å². The van der Waals surface area contributed by atoms with Crippen molar-refractivity contribution >= 4 is 35.5 Å². The topological polar surface area (TPSA) is 199 Å². The van der Waals surface area contributed by atoms with Gasteiger partial charge in [-0.2, -0.15) is 0 Å². The summed E-state index contributed by atoms with van der Waals surface area (Å²) in [6, 6.07) is 1.98. The molecule has 0 aromatic heterocycles. The highest BCUT2D eigenvalue weighted by Gasteiger charge is 2.38. The molecule has 5 amide bonds. The van der Waals surface area contributed by atoms with Gasteiger partial charge in [-0.25, -0.2) is 4.39 Å². The van der Waals surface area contributed by atoms with Crippen LogP contribution in [0.5, 0.6) is 0 Å². The van der Waals surface area contributed by atoms with E-state index in [1.807, 2.05) is 0 Å². The number of hydrogen-bond donors (Lipinski definition) is 7. The second-order valence-electron chi connectivity index (χ2n) is 11.7. The molecule has 44 heavy (non-hydrogen) atoms. The molecule has 4 atom stereocenters. The van der Waals surface area contributed by atoms with Gasteiger partial charge in [-0.3, -0.25) is 29.4 Å². The van der Waals surface area contributed by atoms with Crippen LogP contribution in [-0.4, -0.2) is 78.2 Å². The molecule has 1 heterocycles. The minimum absolute atomic E-state index is 0.144. The number of likely N-dealkylation sites (N-methyl/N-ethyl adjacent to an activating group) is 1. The minimum Gasteiger partial charge on any atom is -0.370 e. The average molecular weight is 619 g/mol. The molecule has 0 unspecified atom stereocenters. The van der Waals surface area contributed by atoms with E-state index in [0.717, 1.165) is 0 Å². The van der Waals surface area contributed by atoms with Crippen LogP contribution >= 0.6 is 0 Å². The molecule has 0 radical (unpaired) electrons. The van der Waals surface area contributed by atoms with E-state index in [4.69, 9.17) is 11.1 Å². The first kappa shape index (κ1) is 36.0. The molecule has 2 rings (SSSR count). The molecule has 0 aliphatic carbocycles. The van der Waals surface area contributed by atoms with E-state index < -0.39 is 59.0 Å². The maximum absolute atomic E-state index is 13.7. The molecule has 1 aliphatic rings. The lowest BCUT2D eigenvalue weighted by Crippen LogP contribution is -2.62. The molecule has 244 valence electrons. The number of nitrogens with one attached hydrogen (secondary N) is 6. The number of rotatable bonds is 8. The van der Waals surface area contributed by atoms with Crippen molar-refractivity contribution in [2.75, 3.05) is 20.1 Å². The summed E-state index contributed by atoms with van der Waals surface area (Å²) in [7, 11) is 1.59. The Morgan fingerprint density at radius 2 is 1.73 bits per heavy atom. The summed E-state index contributed by atoms with van der Waals surface area (Å²) in [5.74, 6) is -3.70.